The number of benzene rings is 1. The van der Waals surface area contributed by atoms with Gasteiger partial charge in [-0.1, -0.05) is 23.2 Å². The van der Waals surface area contributed by atoms with E-state index in [1.807, 2.05) is 0 Å². The normalized spacial score (nSPS) is 14.9. The van der Waals surface area contributed by atoms with Crippen LogP contribution in [0.5, 0.6) is 0 Å². The summed E-state index contributed by atoms with van der Waals surface area (Å²) in [6, 6.07) is 4.62. The number of hydrogen-bond acceptors (Lipinski definition) is 2. The molecule has 4 nitrogen and oxygen atoms in total. The van der Waals surface area contributed by atoms with Crippen molar-refractivity contribution in [2.75, 3.05) is 18.5 Å². The minimum Gasteiger partial charge on any atom is -0.381 e. The van der Waals surface area contributed by atoms with Crippen LogP contribution in [-0.2, 0) is 4.74 Å². The van der Waals surface area contributed by atoms with Crippen molar-refractivity contribution in [2.24, 2.45) is 0 Å². The molecule has 1 aliphatic rings. The third-order valence-corrected chi connectivity index (χ3v) is 3.46. The van der Waals surface area contributed by atoms with Crippen LogP contribution in [0.25, 0.3) is 0 Å². The molecule has 0 aliphatic carbocycles. The van der Waals surface area contributed by atoms with Crippen LogP contribution >= 0.6 is 23.2 Å². The number of carbonyl (C=O) groups is 1. The first-order valence-electron chi connectivity index (χ1n) is 5.93. The molecule has 1 heterocycles. The number of anilines is 1. The van der Waals surface area contributed by atoms with E-state index in [1.165, 1.54) is 5.57 Å². The van der Waals surface area contributed by atoms with E-state index in [2.05, 4.69) is 10.6 Å². The maximum Gasteiger partial charge on any atom is 0.323 e. The minimum absolute atomic E-state index is 0.308. The van der Waals surface area contributed by atoms with Crippen LogP contribution < -0.4 is 10.6 Å². The number of hydrogen-bond donors (Lipinski definition) is 2. The van der Waals surface area contributed by atoms with Crippen molar-refractivity contribution in [3.8, 4) is 0 Å². The van der Waals surface area contributed by atoms with Gasteiger partial charge in [-0.25, -0.2) is 4.79 Å². The van der Waals surface area contributed by atoms with Gasteiger partial charge < -0.3 is 15.4 Å². The SMILES string of the molecule is O=C(NC=C1CCOCC1)Nc1ccc(Cl)c(Cl)c1. The molecule has 0 bridgehead atoms. The quantitative estimate of drug-likeness (QED) is 0.872. The van der Waals surface area contributed by atoms with Gasteiger partial charge in [-0.15, -0.1) is 0 Å². The average molecular weight is 301 g/mol. The monoisotopic (exact) mass is 300 g/mol. The van der Waals surface area contributed by atoms with Gasteiger partial charge in [0.2, 0.25) is 0 Å². The summed E-state index contributed by atoms with van der Waals surface area (Å²) in [4.78, 5) is 11.7. The highest BCUT2D eigenvalue weighted by Crippen LogP contribution is 2.24. The minimum atomic E-state index is -0.308. The fourth-order valence-corrected chi connectivity index (χ4v) is 1.98. The molecule has 1 fully saturated rings. The van der Waals surface area contributed by atoms with E-state index in [0.29, 0.717) is 28.9 Å². The molecule has 0 atom stereocenters. The van der Waals surface area contributed by atoms with Crippen molar-refractivity contribution < 1.29 is 9.53 Å². The predicted molar refractivity (Wildman–Crippen MR) is 76.8 cm³/mol. The molecule has 1 aromatic carbocycles. The van der Waals surface area contributed by atoms with E-state index in [1.54, 1.807) is 24.4 Å². The Bertz CT molecular complexity index is 495. The van der Waals surface area contributed by atoms with Crippen LogP contribution in [0.15, 0.2) is 30.0 Å². The number of nitrogens with one attached hydrogen (secondary N) is 2. The van der Waals surface area contributed by atoms with Gasteiger partial charge in [-0.05, 0) is 36.6 Å². The van der Waals surface area contributed by atoms with Crippen molar-refractivity contribution in [1.29, 1.82) is 0 Å². The Balaban J connectivity index is 1.88. The fraction of sp³-hybridized carbons (Fsp3) is 0.308. The second-order valence-corrected chi connectivity index (χ2v) is 4.96. The number of rotatable bonds is 2. The van der Waals surface area contributed by atoms with Gasteiger partial charge in [0.05, 0.1) is 23.3 Å². The summed E-state index contributed by atoms with van der Waals surface area (Å²) < 4.78 is 5.23. The summed E-state index contributed by atoms with van der Waals surface area (Å²) in [5, 5.41) is 6.23. The Morgan fingerprint density at radius 1 is 1.21 bits per heavy atom. The van der Waals surface area contributed by atoms with E-state index in [9.17, 15) is 4.79 Å². The van der Waals surface area contributed by atoms with Crippen LogP contribution in [-0.4, -0.2) is 19.2 Å². The smallest absolute Gasteiger partial charge is 0.323 e. The second kappa shape index (κ2) is 6.80. The van der Waals surface area contributed by atoms with E-state index < -0.39 is 0 Å². The lowest BCUT2D eigenvalue weighted by atomic mass is 10.1. The first kappa shape index (κ1) is 14.2. The zero-order chi connectivity index (χ0) is 13.7. The maximum atomic E-state index is 11.7. The Hall–Kier alpha value is -1.23. The Kier molecular flexibility index (Phi) is 5.07. The highest BCUT2D eigenvalue weighted by molar-refractivity contribution is 6.42. The lowest BCUT2D eigenvalue weighted by Crippen LogP contribution is -2.25. The van der Waals surface area contributed by atoms with Gasteiger partial charge in [0, 0.05) is 11.9 Å². The standard InChI is InChI=1S/C13H14Cl2N2O2/c14-11-2-1-10(7-12(11)15)17-13(18)16-8-9-3-5-19-6-4-9/h1-2,7-8H,3-6H2,(H2,16,17,18). The molecule has 19 heavy (non-hydrogen) atoms. The molecule has 2 rings (SSSR count). The van der Waals surface area contributed by atoms with Crippen molar-refractivity contribution in [3.05, 3.63) is 40.0 Å². The van der Waals surface area contributed by atoms with Crippen molar-refractivity contribution in [1.82, 2.24) is 5.32 Å². The zero-order valence-electron chi connectivity index (χ0n) is 10.2. The fourth-order valence-electron chi connectivity index (χ4n) is 1.69. The van der Waals surface area contributed by atoms with E-state index in [0.717, 1.165) is 12.8 Å². The van der Waals surface area contributed by atoms with Crippen LogP contribution in [0.3, 0.4) is 0 Å². The molecule has 1 aliphatic heterocycles. The average Bonchev–Trinajstić information content (AvgIpc) is 2.42. The molecular weight excluding hydrogens is 287 g/mol. The van der Waals surface area contributed by atoms with Gasteiger partial charge in [-0.2, -0.15) is 0 Å². The van der Waals surface area contributed by atoms with E-state index >= 15 is 0 Å². The third kappa shape index (κ3) is 4.42. The molecule has 6 heteroatoms. The largest absolute Gasteiger partial charge is 0.381 e. The first-order chi connectivity index (χ1) is 9.15. The molecule has 0 aromatic heterocycles. The zero-order valence-corrected chi connectivity index (χ0v) is 11.7. The number of ether oxygens (including phenoxy) is 1. The van der Waals surface area contributed by atoms with Crippen molar-refractivity contribution >= 4 is 34.9 Å². The number of halogens is 2. The molecule has 0 radical (unpaired) electrons. The summed E-state index contributed by atoms with van der Waals surface area (Å²) in [7, 11) is 0. The molecule has 1 saturated heterocycles. The third-order valence-electron chi connectivity index (χ3n) is 2.72. The molecule has 0 unspecified atom stereocenters. The topological polar surface area (TPSA) is 50.4 Å². The van der Waals surface area contributed by atoms with Gasteiger partial charge in [0.25, 0.3) is 0 Å². The number of amides is 2. The summed E-state index contributed by atoms with van der Waals surface area (Å²) in [6.45, 7) is 1.42. The molecule has 2 amide bonds. The van der Waals surface area contributed by atoms with Gasteiger partial charge in [-0.3, -0.25) is 0 Å². The van der Waals surface area contributed by atoms with Crippen molar-refractivity contribution in [2.45, 2.75) is 12.8 Å². The molecule has 0 saturated carbocycles. The Morgan fingerprint density at radius 3 is 2.63 bits per heavy atom. The van der Waals surface area contributed by atoms with Gasteiger partial charge in [0.1, 0.15) is 0 Å². The van der Waals surface area contributed by atoms with Crippen molar-refractivity contribution in [3.63, 3.8) is 0 Å². The number of carbonyl (C=O) groups excluding carboxylic acids is 1. The first-order valence-corrected chi connectivity index (χ1v) is 6.69. The van der Waals surface area contributed by atoms with Gasteiger partial charge in [0.15, 0.2) is 0 Å². The van der Waals surface area contributed by atoms with Gasteiger partial charge >= 0.3 is 6.03 Å². The van der Waals surface area contributed by atoms with Crippen LogP contribution in [0, 0.1) is 0 Å². The second-order valence-electron chi connectivity index (χ2n) is 4.14. The van der Waals surface area contributed by atoms with Crippen LogP contribution in [0.2, 0.25) is 10.0 Å². The molecular formula is C13H14Cl2N2O2. The van der Waals surface area contributed by atoms with Crippen LogP contribution in [0.4, 0.5) is 10.5 Å². The predicted octanol–water partition coefficient (Wildman–Crippen LogP) is 3.81. The Morgan fingerprint density at radius 2 is 1.95 bits per heavy atom. The Labute approximate surface area is 121 Å². The molecule has 0 spiro atoms. The lowest BCUT2D eigenvalue weighted by Gasteiger charge is -2.14. The summed E-state index contributed by atoms with van der Waals surface area (Å²) in [5.74, 6) is 0. The summed E-state index contributed by atoms with van der Waals surface area (Å²) >= 11 is 11.7. The summed E-state index contributed by atoms with van der Waals surface area (Å²) in [6.07, 6.45) is 3.44. The maximum absolute atomic E-state index is 11.7. The van der Waals surface area contributed by atoms with E-state index in [4.69, 9.17) is 27.9 Å². The highest BCUT2D eigenvalue weighted by Gasteiger charge is 2.06. The molecule has 102 valence electrons. The highest BCUT2D eigenvalue weighted by atomic mass is 35.5. The lowest BCUT2D eigenvalue weighted by molar-refractivity contribution is 0.119. The number of urea groups is 1. The molecule has 1 aromatic rings. The summed E-state index contributed by atoms with van der Waals surface area (Å²) in [5.41, 5.74) is 1.77. The van der Waals surface area contributed by atoms with E-state index in [-0.39, 0.29) is 6.03 Å². The van der Waals surface area contributed by atoms with Crippen LogP contribution in [0.1, 0.15) is 12.8 Å². The molecule has 2 N–H and O–H groups in total.